The zero-order valence-corrected chi connectivity index (χ0v) is 22.9. The first-order chi connectivity index (χ1) is 18.0. The fraction of sp³-hybridized carbons (Fsp3) is 0.645. The quantitative estimate of drug-likeness (QED) is 0.442. The first kappa shape index (κ1) is 26.9. The Morgan fingerprint density at radius 1 is 1.05 bits per heavy atom. The van der Waals surface area contributed by atoms with E-state index in [2.05, 4.69) is 37.3 Å². The molecule has 1 aromatic rings. The number of oxime groups is 1. The maximum atomic E-state index is 12.4. The van der Waals surface area contributed by atoms with Crippen LogP contribution in [-0.4, -0.2) is 46.1 Å². The van der Waals surface area contributed by atoms with E-state index < -0.39 is 23.5 Å². The topological polar surface area (TPSA) is 108 Å². The van der Waals surface area contributed by atoms with Gasteiger partial charge in [0.15, 0.2) is 6.61 Å². The third kappa shape index (κ3) is 4.78. The van der Waals surface area contributed by atoms with Crippen LogP contribution in [0.4, 0.5) is 0 Å². The van der Waals surface area contributed by atoms with Crippen LogP contribution in [0.2, 0.25) is 0 Å². The molecule has 0 aromatic heterocycles. The maximum Gasteiger partial charge on any atom is 0.326 e. The van der Waals surface area contributed by atoms with E-state index in [4.69, 9.17) is 4.84 Å². The lowest BCUT2D eigenvalue weighted by atomic mass is 9.46. The molecule has 3 N–H and O–H groups in total. The molecule has 0 heterocycles. The highest BCUT2D eigenvalue weighted by atomic mass is 16.6. The van der Waals surface area contributed by atoms with Gasteiger partial charge in [-0.05, 0) is 98.5 Å². The molecule has 4 aliphatic carbocycles. The van der Waals surface area contributed by atoms with Crippen LogP contribution in [0.3, 0.4) is 0 Å². The summed E-state index contributed by atoms with van der Waals surface area (Å²) in [6.45, 7) is 6.49. The predicted octanol–water partition coefficient (Wildman–Crippen LogP) is 4.88. The number of carbonyl (C=O) groups excluding carboxylic acids is 1. The van der Waals surface area contributed by atoms with Crippen molar-refractivity contribution in [3.05, 3.63) is 47.5 Å². The largest absolute Gasteiger partial charge is 0.480 e. The molecule has 206 valence electrons. The fourth-order valence-electron chi connectivity index (χ4n) is 8.35. The molecule has 3 fully saturated rings. The third-order valence-electron chi connectivity index (χ3n) is 10.8. The number of carboxylic acid groups (broad SMARTS) is 1. The summed E-state index contributed by atoms with van der Waals surface area (Å²) in [4.78, 5) is 29.4. The van der Waals surface area contributed by atoms with Crippen molar-refractivity contribution >= 4 is 17.6 Å². The van der Waals surface area contributed by atoms with E-state index in [1.807, 2.05) is 30.3 Å². The van der Waals surface area contributed by atoms with E-state index >= 15 is 0 Å². The molecule has 3 saturated carbocycles. The van der Waals surface area contributed by atoms with Gasteiger partial charge in [0.05, 0.1) is 11.3 Å². The number of nitrogens with zero attached hydrogens (tertiary/aromatic N) is 1. The van der Waals surface area contributed by atoms with Gasteiger partial charge in [0.1, 0.15) is 6.04 Å². The van der Waals surface area contributed by atoms with E-state index in [0.29, 0.717) is 17.8 Å². The first-order valence-corrected chi connectivity index (χ1v) is 14.2. The summed E-state index contributed by atoms with van der Waals surface area (Å²) in [6, 6.07) is 8.21. The van der Waals surface area contributed by atoms with Crippen LogP contribution in [0.5, 0.6) is 0 Å². The highest BCUT2D eigenvalue weighted by Gasteiger charge is 2.62. The number of aliphatic hydroxyl groups is 1. The summed E-state index contributed by atoms with van der Waals surface area (Å²) < 4.78 is 0. The summed E-state index contributed by atoms with van der Waals surface area (Å²) in [6.07, 6.45) is 10.7. The minimum Gasteiger partial charge on any atom is -0.480 e. The van der Waals surface area contributed by atoms with Crippen LogP contribution in [-0.2, 0) is 20.8 Å². The van der Waals surface area contributed by atoms with Gasteiger partial charge in [-0.1, -0.05) is 54.9 Å². The van der Waals surface area contributed by atoms with Gasteiger partial charge in [0.2, 0.25) is 0 Å². The smallest absolute Gasteiger partial charge is 0.326 e. The van der Waals surface area contributed by atoms with Crippen LogP contribution >= 0.6 is 0 Å². The van der Waals surface area contributed by atoms with Crippen LogP contribution in [0.15, 0.2) is 47.1 Å². The van der Waals surface area contributed by atoms with Gasteiger partial charge in [0, 0.05) is 6.42 Å². The number of benzene rings is 1. The SMILES string of the molecule is C[C@]12CCC(=NOCC(=O)N[C@@H](Cc3ccccc3)C(=O)O)C=C1CC[C@H]1[C@@H]2CC[C@]2(C)[C@H]1CC[C@]2(C)O. The number of fused-ring (bicyclic) bond motifs is 5. The lowest BCUT2D eigenvalue weighted by molar-refractivity contribution is -0.142. The molecular formula is C31H42N2O5. The summed E-state index contributed by atoms with van der Waals surface area (Å²) in [5.41, 5.74) is 2.77. The molecule has 1 aromatic carbocycles. The van der Waals surface area contributed by atoms with E-state index in [-0.39, 0.29) is 23.9 Å². The van der Waals surface area contributed by atoms with Crippen molar-refractivity contribution < 1.29 is 24.6 Å². The molecule has 0 saturated heterocycles. The van der Waals surface area contributed by atoms with Crippen molar-refractivity contribution in [2.24, 2.45) is 33.7 Å². The molecule has 0 unspecified atom stereocenters. The Morgan fingerprint density at radius 3 is 2.53 bits per heavy atom. The van der Waals surface area contributed by atoms with Gasteiger partial charge >= 0.3 is 5.97 Å². The van der Waals surface area contributed by atoms with E-state index in [1.54, 1.807) is 0 Å². The molecule has 0 bridgehead atoms. The van der Waals surface area contributed by atoms with E-state index in [9.17, 15) is 19.8 Å². The Morgan fingerprint density at radius 2 is 1.79 bits per heavy atom. The van der Waals surface area contributed by atoms with Crippen LogP contribution < -0.4 is 5.32 Å². The molecule has 0 radical (unpaired) electrons. The Hall–Kier alpha value is -2.67. The van der Waals surface area contributed by atoms with Crippen molar-refractivity contribution in [1.82, 2.24) is 5.32 Å². The van der Waals surface area contributed by atoms with E-state index in [0.717, 1.165) is 56.2 Å². The predicted molar refractivity (Wildman–Crippen MR) is 145 cm³/mol. The highest BCUT2D eigenvalue weighted by molar-refractivity contribution is 5.96. The minimum absolute atomic E-state index is 0.0299. The van der Waals surface area contributed by atoms with Crippen molar-refractivity contribution in [3.8, 4) is 0 Å². The number of nitrogens with one attached hydrogen (secondary N) is 1. The van der Waals surface area contributed by atoms with Crippen LogP contribution in [0, 0.1) is 28.6 Å². The molecule has 7 nitrogen and oxygen atoms in total. The van der Waals surface area contributed by atoms with Crippen LogP contribution in [0.25, 0.3) is 0 Å². The third-order valence-corrected chi connectivity index (χ3v) is 10.8. The van der Waals surface area contributed by atoms with Gasteiger partial charge in [-0.3, -0.25) is 4.79 Å². The normalized spacial score (nSPS) is 37.8. The summed E-state index contributed by atoms with van der Waals surface area (Å²) in [7, 11) is 0. The summed E-state index contributed by atoms with van der Waals surface area (Å²) >= 11 is 0. The second kappa shape index (κ2) is 10.1. The molecular weight excluding hydrogens is 480 g/mol. The van der Waals surface area contributed by atoms with Crippen molar-refractivity contribution in [1.29, 1.82) is 0 Å². The molecule has 0 aliphatic heterocycles. The van der Waals surface area contributed by atoms with Gasteiger partial charge in [0.25, 0.3) is 5.91 Å². The van der Waals surface area contributed by atoms with Crippen molar-refractivity contribution in [2.45, 2.75) is 90.2 Å². The second-order valence-corrected chi connectivity index (χ2v) is 12.8. The lowest BCUT2D eigenvalue weighted by Crippen LogP contribution is -2.53. The zero-order chi connectivity index (χ0) is 27.1. The minimum atomic E-state index is -1.08. The van der Waals surface area contributed by atoms with Crippen LogP contribution in [0.1, 0.15) is 77.7 Å². The maximum absolute atomic E-state index is 12.4. The Labute approximate surface area is 225 Å². The first-order valence-electron chi connectivity index (χ1n) is 14.2. The number of hydrogen-bond acceptors (Lipinski definition) is 5. The number of hydrogen-bond donors (Lipinski definition) is 3. The van der Waals surface area contributed by atoms with Gasteiger partial charge < -0.3 is 20.4 Å². The number of carbonyl (C=O) groups is 2. The second-order valence-electron chi connectivity index (χ2n) is 12.8. The lowest BCUT2D eigenvalue weighted by Gasteiger charge is -2.59. The Kier molecular flexibility index (Phi) is 7.18. The van der Waals surface area contributed by atoms with Gasteiger partial charge in [-0.15, -0.1) is 0 Å². The summed E-state index contributed by atoms with van der Waals surface area (Å²) in [5, 5.41) is 27.5. The van der Waals surface area contributed by atoms with Crippen molar-refractivity contribution in [2.75, 3.05) is 6.61 Å². The Bertz CT molecular complexity index is 1130. The molecule has 4 aliphatic rings. The van der Waals surface area contributed by atoms with Gasteiger partial charge in [-0.25, -0.2) is 4.79 Å². The molecule has 7 atom stereocenters. The number of rotatable bonds is 7. The van der Waals surface area contributed by atoms with E-state index in [1.165, 1.54) is 12.0 Å². The number of carboxylic acids is 1. The standard InChI is InChI=1S/C31H42N2O5/c1-29-14-11-22(33-38-19-27(34)32-26(28(35)36)17-20-7-5-4-6-8-20)18-21(29)9-10-23-24(29)12-15-30(2)25(23)13-16-31(30,3)37/h4-8,18,23-26,37H,9-17,19H2,1-3H3,(H,32,34)(H,35,36)/t23-,24-,25-,26-,29-,30+,31-/m0/s1. The summed E-state index contributed by atoms with van der Waals surface area (Å²) in [5.74, 6) is 0.332. The van der Waals surface area contributed by atoms with Crippen molar-refractivity contribution in [3.63, 3.8) is 0 Å². The number of allylic oxidation sites excluding steroid dienone is 2. The number of aliphatic carboxylic acids is 1. The molecule has 5 rings (SSSR count). The molecule has 0 spiro atoms. The average molecular weight is 523 g/mol. The molecule has 7 heteroatoms. The van der Waals surface area contributed by atoms with Gasteiger partial charge in [-0.2, -0.15) is 0 Å². The average Bonchev–Trinajstić information content (AvgIpc) is 3.13. The highest BCUT2D eigenvalue weighted by Crippen LogP contribution is 2.67. The number of amides is 1. The molecule has 1 amide bonds. The monoisotopic (exact) mass is 522 g/mol. The zero-order valence-electron chi connectivity index (χ0n) is 22.9. The fourth-order valence-corrected chi connectivity index (χ4v) is 8.35. The Balaban J connectivity index is 1.19. The molecule has 38 heavy (non-hydrogen) atoms.